The van der Waals surface area contributed by atoms with Crippen LogP contribution in [0.25, 0.3) is 0 Å². The molecule has 2 aliphatic rings. The first-order valence-corrected chi connectivity index (χ1v) is 9.20. The van der Waals surface area contributed by atoms with Crippen molar-refractivity contribution >= 4 is 11.7 Å². The first kappa shape index (κ1) is 17.0. The van der Waals surface area contributed by atoms with Crippen molar-refractivity contribution in [3.63, 3.8) is 0 Å². The normalized spacial score (nSPS) is 18.3. The highest BCUT2D eigenvalue weighted by Crippen LogP contribution is 2.31. The highest BCUT2D eigenvalue weighted by Gasteiger charge is 2.25. The van der Waals surface area contributed by atoms with Gasteiger partial charge in [-0.2, -0.15) is 0 Å². The van der Waals surface area contributed by atoms with Gasteiger partial charge in [0.2, 0.25) is 5.95 Å². The van der Waals surface area contributed by atoms with Gasteiger partial charge in [-0.15, -0.1) is 0 Å². The van der Waals surface area contributed by atoms with Crippen LogP contribution < -0.4 is 9.64 Å². The number of nitrogens with zero attached hydrogens (tertiary/aromatic N) is 4. The van der Waals surface area contributed by atoms with Crippen molar-refractivity contribution in [2.75, 3.05) is 37.7 Å². The summed E-state index contributed by atoms with van der Waals surface area (Å²) in [5, 5.41) is 0. The van der Waals surface area contributed by atoms with Gasteiger partial charge in [0.05, 0.1) is 6.61 Å². The molecule has 6 heteroatoms. The molecule has 0 radical (unpaired) electrons. The van der Waals surface area contributed by atoms with Crippen LogP contribution in [0.3, 0.4) is 0 Å². The zero-order valence-corrected chi connectivity index (χ0v) is 15.3. The fourth-order valence-electron chi connectivity index (χ4n) is 3.66. The lowest BCUT2D eigenvalue weighted by atomic mass is 10.0. The van der Waals surface area contributed by atoms with Gasteiger partial charge in [-0.3, -0.25) is 9.69 Å². The van der Waals surface area contributed by atoms with Gasteiger partial charge in [-0.25, -0.2) is 9.97 Å². The summed E-state index contributed by atoms with van der Waals surface area (Å²) in [5.74, 6) is 1.66. The molecule has 0 bridgehead atoms. The smallest absolute Gasteiger partial charge is 0.226 e. The van der Waals surface area contributed by atoms with E-state index in [-0.39, 0.29) is 5.78 Å². The zero-order valence-electron chi connectivity index (χ0n) is 15.3. The van der Waals surface area contributed by atoms with E-state index >= 15 is 0 Å². The number of carbonyl (C=O) groups excluding carboxylic acids is 1. The third kappa shape index (κ3) is 3.29. The molecule has 2 aromatic rings. The van der Waals surface area contributed by atoms with Crippen molar-refractivity contribution in [1.29, 1.82) is 0 Å². The number of aromatic nitrogens is 2. The third-order valence-electron chi connectivity index (χ3n) is 5.35. The van der Waals surface area contributed by atoms with Gasteiger partial charge < -0.3 is 9.64 Å². The predicted octanol–water partition coefficient (Wildman–Crippen LogP) is 2.50. The standard InChI is InChI=1S/C20H24N4O2/c1-14(17-4-3-16-6-12-26-19(16)13-17)23-8-10-24(11-9-23)20-21-7-5-18(22-20)15(2)25/h3-5,7,13-14H,6,8-12H2,1-2H3. The van der Waals surface area contributed by atoms with E-state index in [2.05, 4.69) is 44.9 Å². The van der Waals surface area contributed by atoms with Crippen LogP contribution in [0.4, 0.5) is 5.95 Å². The summed E-state index contributed by atoms with van der Waals surface area (Å²) >= 11 is 0. The molecule has 26 heavy (non-hydrogen) atoms. The topological polar surface area (TPSA) is 58.6 Å². The van der Waals surface area contributed by atoms with Crippen LogP contribution in [0.2, 0.25) is 0 Å². The van der Waals surface area contributed by atoms with Gasteiger partial charge in [-0.05, 0) is 30.2 Å². The van der Waals surface area contributed by atoms with E-state index in [0.717, 1.165) is 45.0 Å². The van der Waals surface area contributed by atoms with Gasteiger partial charge in [0, 0.05) is 51.8 Å². The molecule has 1 saturated heterocycles. The molecule has 1 unspecified atom stereocenters. The number of hydrogen-bond donors (Lipinski definition) is 0. The summed E-state index contributed by atoms with van der Waals surface area (Å²) in [7, 11) is 0. The molecule has 0 saturated carbocycles. The zero-order chi connectivity index (χ0) is 18.1. The fraction of sp³-hybridized carbons (Fsp3) is 0.450. The molecule has 6 nitrogen and oxygen atoms in total. The van der Waals surface area contributed by atoms with Crippen LogP contribution in [0.5, 0.6) is 5.75 Å². The van der Waals surface area contributed by atoms with Crippen LogP contribution in [0.1, 0.15) is 41.5 Å². The summed E-state index contributed by atoms with van der Waals surface area (Å²) in [6.45, 7) is 8.16. The Kier molecular flexibility index (Phi) is 4.59. The van der Waals surface area contributed by atoms with E-state index in [4.69, 9.17) is 4.74 Å². The van der Waals surface area contributed by atoms with Gasteiger partial charge in [0.25, 0.3) is 0 Å². The lowest BCUT2D eigenvalue weighted by Crippen LogP contribution is -2.47. The van der Waals surface area contributed by atoms with Crippen molar-refractivity contribution in [3.8, 4) is 5.75 Å². The quantitative estimate of drug-likeness (QED) is 0.788. The molecule has 0 aliphatic carbocycles. The van der Waals surface area contributed by atoms with Crippen molar-refractivity contribution in [2.45, 2.75) is 26.3 Å². The van der Waals surface area contributed by atoms with Gasteiger partial charge >= 0.3 is 0 Å². The third-order valence-corrected chi connectivity index (χ3v) is 5.35. The molecule has 1 fully saturated rings. The van der Waals surface area contributed by atoms with Crippen LogP contribution in [0, 0.1) is 0 Å². The Balaban J connectivity index is 1.42. The summed E-state index contributed by atoms with van der Waals surface area (Å²) in [6.07, 6.45) is 2.68. The number of rotatable bonds is 4. The Morgan fingerprint density at radius 2 is 2.00 bits per heavy atom. The number of piperazine rings is 1. The monoisotopic (exact) mass is 352 g/mol. The number of carbonyl (C=O) groups is 1. The Labute approximate surface area is 153 Å². The SMILES string of the molecule is CC(=O)c1ccnc(N2CCN(C(C)c3ccc4c(c3)OCC4)CC2)n1. The van der Waals surface area contributed by atoms with Crippen molar-refractivity contribution in [3.05, 3.63) is 47.3 Å². The highest BCUT2D eigenvalue weighted by atomic mass is 16.5. The van der Waals surface area contributed by atoms with E-state index in [0.29, 0.717) is 17.7 Å². The summed E-state index contributed by atoms with van der Waals surface area (Å²) < 4.78 is 5.71. The number of hydrogen-bond acceptors (Lipinski definition) is 6. The molecule has 4 rings (SSSR count). The molecule has 136 valence electrons. The lowest BCUT2D eigenvalue weighted by Gasteiger charge is -2.38. The molecule has 3 heterocycles. The van der Waals surface area contributed by atoms with Crippen molar-refractivity contribution in [1.82, 2.24) is 14.9 Å². The van der Waals surface area contributed by atoms with Crippen molar-refractivity contribution < 1.29 is 9.53 Å². The maximum atomic E-state index is 11.5. The Hall–Kier alpha value is -2.47. The van der Waals surface area contributed by atoms with E-state index < -0.39 is 0 Å². The Morgan fingerprint density at radius 1 is 1.19 bits per heavy atom. The van der Waals surface area contributed by atoms with E-state index in [1.54, 1.807) is 12.3 Å². The molecule has 0 N–H and O–H groups in total. The van der Waals surface area contributed by atoms with Crippen LogP contribution in [-0.4, -0.2) is 53.4 Å². The maximum Gasteiger partial charge on any atom is 0.226 e. The predicted molar refractivity (Wildman–Crippen MR) is 99.9 cm³/mol. The first-order valence-electron chi connectivity index (χ1n) is 9.20. The number of ether oxygens (including phenoxy) is 1. The second kappa shape index (κ2) is 7.03. The van der Waals surface area contributed by atoms with Crippen LogP contribution in [-0.2, 0) is 6.42 Å². The highest BCUT2D eigenvalue weighted by molar-refractivity contribution is 5.92. The van der Waals surface area contributed by atoms with Crippen LogP contribution in [0.15, 0.2) is 30.5 Å². The molecule has 1 atom stereocenters. The van der Waals surface area contributed by atoms with E-state index in [1.165, 1.54) is 18.1 Å². The Morgan fingerprint density at radius 3 is 2.77 bits per heavy atom. The second-order valence-corrected chi connectivity index (χ2v) is 6.96. The van der Waals surface area contributed by atoms with Crippen LogP contribution >= 0.6 is 0 Å². The molecular weight excluding hydrogens is 328 g/mol. The van der Waals surface area contributed by atoms with E-state index in [9.17, 15) is 4.79 Å². The average Bonchev–Trinajstić information content (AvgIpc) is 3.15. The summed E-state index contributed by atoms with van der Waals surface area (Å²) in [5.41, 5.74) is 3.09. The average molecular weight is 352 g/mol. The molecule has 0 amide bonds. The fourth-order valence-corrected chi connectivity index (χ4v) is 3.66. The number of fused-ring (bicyclic) bond motifs is 1. The lowest BCUT2D eigenvalue weighted by molar-refractivity contribution is 0.101. The maximum absolute atomic E-state index is 11.5. The Bertz CT molecular complexity index is 815. The number of anilines is 1. The largest absolute Gasteiger partial charge is 0.493 e. The first-order chi connectivity index (χ1) is 12.6. The molecule has 1 aromatic heterocycles. The van der Waals surface area contributed by atoms with Gasteiger partial charge in [0.15, 0.2) is 5.78 Å². The van der Waals surface area contributed by atoms with Gasteiger partial charge in [-0.1, -0.05) is 12.1 Å². The van der Waals surface area contributed by atoms with E-state index in [1.807, 2.05) is 0 Å². The number of ketones is 1. The number of Topliss-reactive ketones (excluding diaryl/α,β-unsaturated/α-hetero) is 1. The number of benzene rings is 1. The minimum Gasteiger partial charge on any atom is -0.493 e. The van der Waals surface area contributed by atoms with Crippen molar-refractivity contribution in [2.24, 2.45) is 0 Å². The summed E-state index contributed by atoms with van der Waals surface area (Å²) in [6, 6.07) is 8.63. The molecular formula is C20H24N4O2. The molecule has 0 spiro atoms. The minimum atomic E-state index is -0.0280. The minimum absolute atomic E-state index is 0.0280. The molecule has 2 aliphatic heterocycles. The molecule has 1 aromatic carbocycles. The second-order valence-electron chi connectivity index (χ2n) is 6.96. The van der Waals surface area contributed by atoms with Gasteiger partial charge in [0.1, 0.15) is 11.4 Å². The summed E-state index contributed by atoms with van der Waals surface area (Å²) in [4.78, 5) is 24.9.